The molecular formula is C23H30N2O2. The molecule has 2 aromatic rings. The number of para-hydroxylation sites is 1. The van der Waals surface area contributed by atoms with Gasteiger partial charge in [0, 0.05) is 11.2 Å². The van der Waals surface area contributed by atoms with Crippen molar-refractivity contribution in [3.8, 4) is 5.75 Å². The minimum absolute atomic E-state index is 0.133. The number of hydrogen-bond donors (Lipinski definition) is 1. The number of benzene rings is 2. The number of carbonyl (C=O) groups is 1. The Hall–Kier alpha value is -2.33. The highest BCUT2D eigenvalue weighted by molar-refractivity contribution is 5.97. The Labute approximate surface area is 162 Å². The molecule has 1 aliphatic rings. The molecule has 0 saturated heterocycles. The molecule has 0 radical (unpaired) electrons. The van der Waals surface area contributed by atoms with E-state index in [-0.39, 0.29) is 11.4 Å². The summed E-state index contributed by atoms with van der Waals surface area (Å²) in [6.45, 7) is 7.69. The number of nitrogens with one attached hydrogen (secondary N) is 1. The van der Waals surface area contributed by atoms with Crippen LogP contribution in [0.15, 0.2) is 48.5 Å². The summed E-state index contributed by atoms with van der Waals surface area (Å²) < 4.78 is 5.18. The smallest absolute Gasteiger partial charge is 0.241 e. The molecule has 1 amide bonds. The number of anilines is 1. The summed E-state index contributed by atoms with van der Waals surface area (Å²) >= 11 is 0. The van der Waals surface area contributed by atoms with Gasteiger partial charge in [0.15, 0.2) is 0 Å². The van der Waals surface area contributed by atoms with Crippen molar-refractivity contribution in [3.63, 3.8) is 0 Å². The van der Waals surface area contributed by atoms with Crippen LogP contribution in [0.1, 0.15) is 44.2 Å². The van der Waals surface area contributed by atoms with E-state index >= 15 is 0 Å². The molecule has 4 heteroatoms. The van der Waals surface area contributed by atoms with E-state index in [9.17, 15) is 4.79 Å². The Balaban J connectivity index is 1.60. The monoisotopic (exact) mass is 366 g/mol. The summed E-state index contributed by atoms with van der Waals surface area (Å²) in [6, 6.07) is 16.4. The van der Waals surface area contributed by atoms with Gasteiger partial charge in [-0.1, -0.05) is 37.3 Å². The summed E-state index contributed by atoms with van der Waals surface area (Å²) in [5.41, 5.74) is 3.38. The van der Waals surface area contributed by atoms with Gasteiger partial charge in [-0.3, -0.25) is 4.79 Å². The normalized spacial score (nSPS) is 18.1. The highest BCUT2D eigenvalue weighted by Crippen LogP contribution is 2.43. The van der Waals surface area contributed by atoms with Gasteiger partial charge in [-0.25, -0.2) is 0 Å². The van der Waals surface area contributed by atoms with Gasteiger partial charge in [-0.2, -0.15) is 0 Å². The quantitative estimate of drug-likeness (QED) is 0.781. The fourth-order valence-electron chi connectivity index (χ4n) is 4.16. The first-order valence-electron chi connectivity index (χ1n) is 9.68. The van der Waals surface area contributed by atoms with Crippen LogP contribution in [-0.4, -0.2) is 31.6 Å². The first-order chi connectivity index (χ1) is 12.9. The topological polar surface area (TPSA) is 41.6 Å². The summed E-state index contributed by atoms with van der Waals surface area (Å²) in [7, 11) is 1.67. The molecule has 0 aromatic heterocycles. The third kappa shape index (κ3) is 4.33. The van der Waals surface area contributed by atoms with E-state index in [1.807, 2.05) is 23.1 Å². The van der Waals surface area contributed by atoms with Crippen molar-refractivity contribution < 1.29 is 9.53 Å². The van der Waals surface area contributed by atoms with E-state index in [0.29, 0.717) is 12.5 Å². The Kier molecular flexibility index (Phi) is 5.85. The fourth-order valence-corrected chi connectivity index (χ4v) is 4.16. The van der Waals surface area contributed by atoms with Gasteiger partial charge in [0.1, 0.15) is 5.75 Å². The number of amides is 1. The van der Waals surface area contributed by atoms with Crippen LogP contribution in [0.2, 0.25) is 0 Å². The second-order valence-corrected chi connectivity index (χ2v) is 7.98. The Morgan fingerprint density at radius 3 is 2.59 bits per heavy atom. The molecule has 3 rings (SSSR count). The summed E-state index contributed by atoms with van der Waals surface area (Å²) in [6.07, 6.45) is 1.86. The minimum Gasteiger partial charge on any atom is -0.497 e. The highest BCUT2D eigenvalue weighted by Gasteiger charge is 2.39. The lowest BCUT2D eigenvalue weighted by Crippen LogP contribution is -2.54. The molecule has 1 atom stereocenters. The molecule has 27 heavy (non-hydrogen) atoms. The average molecular weight is 367 g/mol. The Bertz CT molecular complexity index is 783. The molecular weight excluding hydrogens is 336 g/mol. The molecule has 144 valence electrons. The van der Waals surface area contributed by atoms with Crippen molar-refractivity contribution in [1.29, 1.82) is 0 Å². The first-order valence-corrected chi connectivity index (χ1v) is 9.68. The summed E-state index contributed by atoms with van der Waals surface area (Å²) in [5.74, 6) is 1.46. The standard InChI is InChI=1S/C23H30N2O2/c1-17-15-23(2,3)25(21-8-6-5-7-20(17)21)22(26)16-24-14-13-18-9-11-19(27-4)12-10-18/h5-12,17,24H,13-16H2,1-4H3/t17-/m0/s1. The molecule has 4 nitrogen and oxygen atoms in total. The number of ether oxygens (including phenoxy) is 1. The minimum atomic E-state index is -0.178. The van der Waals surface area contributed by atoms with Crippen molar-refractivity contribution >= 4 is 11.6 Å². The first kappa shape index (κ1) is 19.4. The van der Waals surface area contributed by atoms with E-state index < -0.39 is 0 Å². The van der Waals surface area contributed by atoms with E-state index in [1.54, 1.807) is 7.11 Å². The largest absolute Gasteiger partial charge is 0.497 e. The van der Waals surface area contributed by atoms with Gasteiger partial charge in [0.05, 0.1) is 13.7 Å². The third-order valence-corrected chi connectivity index (χ3v) is 5.39. The van der Waals surface area contributed by atoms with Crippen LogP contribution in [-0.2, 0) is 11.2 Å². The number of carbonyl (C=O) groups excluding carboxylic acids is 1. The lowest BCUT2D eigenvalue weighted by molar-refractivity contribution is -0.119. The zero-order valence-electron chi connectivity index (χ0n) is 16.8. The van der Waals surface area contributed by atoms with Gasteiger partial charge < -0.3 is 15.0 Å². The van der Waals surface area contributed by atoms with E-state index in [0.717, 1.165) is 30.8 Å². The van der Waals surface area contributed by atoms with Crippen molar-refractivity contribution in [2.24, 2.45) is 0 Å². The lowest BCUT2D eigenvalue weighted by Gasteiger charge is -2.46. The summed E-state index contributed by atoms with van der Waals surface area (Å²) in [5, 5.41) is 3.32. The van der Waals surface area contributed by atoms with Gasteiger partial charge >= 0.3 is 0 Å². The maximum atomic E-state index is 13.0. The molecule has 0 aliphatic carbocycles. The van der Waals surface area contributed by atoms with Crippen LogP contribution in [0, 0.1) is 0 Å². The van der Waals surface area contributed by atoms with E-state index in [4.69, 9.17) is 4.74 Å². The number of hydrogen-bond acceptors (Lipinski definition) is 3. The summed E-state index contributed by atoms with van der Waals surface area (Å²) in [4.78, 5) is 15.0. The second kappa shape index (κ2) is 8.13. The van der Waals surface area contributed by atoms with Gasteiger partial charge in [-0.05, 0) is 68.5 Å². The molecule has 0 spiro atoms. The molecule has 0 fully saturated rings. The number of methoxy groups -OCH3 is 1. The van der Waals surface area contributed by atoms with Gasteiger partial charge in [0.25, 0.3) is 0 Å². The van der Waals surface area contributed by atoms with Crippen molar-refractivity contribution in [2.75, 3.05) is 25.1 Å². The highest BCUT2D eigenvalue weighted by atomic mass is 16.5. The van der Waals surface area contributed by atoms with Crippen molar-refractivity contribution in [1.82, 2.24) is 5.32 Å². The van der Waals surface area contributed by atoms with Crippen LogP contribution in [0.4, 0.5) is 5.69 Å². The zero-order chi connectivity index (χ0) is 19.4. The predicted molar refractivity (Wildman–Crippen MR) is 111 cm³/mol. The third-order valence-electron chi connectivity index (χ3n) is 5.39. The van der Waals surface area contributed by atoms with E-state index in [1.165, 1.54) is 11.1 Å². The van der Waals surface area contributed by atoms with Crippen LogP contribution in [0.3, 0.4) is 0 Å². The molecule has 1 N–H and O–H groups in total. The molecule has 1 heterocycles. The Morgan fingerprint density at radius 1 is 1.19 bits per heavy atom. The lowest BCUT2D eigenvalue weighted by atomic mass is 9.80. The van der Waals surface area contributed by atoms with Crippen LogP contribution >= 0.6 is 0 Å². The average Bonchev–Trinajstić information content (AvgIpc) is 2.65. The zero-order valence-corrected chi connectivity index (χ0v) is 16.8. The number of nitrogens with zero attached hydrogens (tertiary/aromatic N) is 1. The SMILES string of the molecule is COc1ccc(CCNCC(=O)N2c3ccccc3[C@@H](C)CC2(C)C)cc1. The number of rotatable bonds is 6. The Morgan fingerprint density at radius 2 is 1.89 bits per heavy atom. The maximum Gasteiger partial charge on any atom is 0.241 e. The number of fused-ring (bicyclic) bond motifs is 1. The van der Waals surface area contributed by atoms with Crippen LogP contribution < -0.4 is 15.0 Å². The maximum absolute atomic E-state index is 13.0. The van der Waals surface area contributed by atoms with Gasteiger partial charge in [0.2, 0.25) is 5.91 Å². The molecule has 1 aliphatic heterocycles. The second-order valence-electron chi connectivity index (χ2n) is 7.98. The van der Waals surface area contributed by atoms with Crippen LogP contribution in [0.5, 0.6) is 5.75 Å². The van der Waals surface area contributed by atoms with Gasteiger partial charge in [-0.15, -0.1) is 0 Å². The molecule has 2 aromatic carbocycles. The van der Waals surface area contributed by atoms with Crippen molar-refractivity contribution in [2.45, 2.75) is 45.1 Å². The fraction of sp³-hybridized carbons (Fsp3) is 0.435. The van der Waals surface area contributed by atoms with Crippen molar-refractivity contribution in [3.05, 3.63) is 59.7 Å². The molecule has 0 unspecified atom stereocenters. The van der Waals surface area contributed by atoms with Crippen LogP contribution in [0.25, 0.3) is 0 Å². The van der Waals surface area contributed by atoms with E-state index in [2.05, 4.69) is 56.4 Å². The molecule has 0 saturated carbocycles. The predicted octanol–water partition coefficient (Wildman–Crippen LogP) is 4.15. The molecule has 0 bridgehead atoms.